The monoisotopic (exact) mass is 431 g/mol. The van der Waals surface area contributed by atoms with Gasteiger partial charge >= 0.3 is 5.97 Å². The molecule has 5 rings (SSSR count). The fourth-order valence-corrected chi connectivity index (χ4v) is 4.81. The summed E-state index contributed by atoms with van der Waals surface area (Å²) in [7, 11) is 0. The Kier molecular flexibility index (Phi) is 4.63. The molecule has 1 atom stereocenters. The predicted octanol–water partition coefficient (Wildman–Crippen LogP) is 3.29. The number of cyclic esters (lactones) is 1. The molecule has 0 bridgehead atoms. The summed E-state index contributed by atoms with van der Waals surface area (Å²) in [4.78, 5) is 44.2. The van der Waals surface area contributed by atoms with Crippen molar-refractivity contribution in [1.82, 2.24) is 9.66 Å². The van der Waals surface area contributed by atoms with Crippen LogP contribution in [0.25, 0.3) is 21.3 Å². The molecular weight excluding hydrogens is 414 g/mol. The predicted molar refractivity (Wildman–Crippen MR) is 118 cm³/mol. The van der Waals surface area contributed by atoms with Crippen LogP contribution in [0.4, 0.5) is 0 Å². The number of amides is 1. The van der Waals surface area contributed by atoms with Gasteiger partial charge in [-0.3, -0.25) is 15.0 Å². The molecule has 2 aromatic heterocycles. The maximum Gasteiger partial charge on any atom is 0.339 e. The number of aryl methyl sites for hydroxylation is 1. The minimum atomic E-state index is -1.03. The van der Waals surface area contributed by atoms with Crippen molar-refractivity contribution in [2.24, 2.45) is 0 Å². The molecule has 154 valence electrons. The van der Waals surface area contributed by atoms with Crippen molar-refractivity contribution in [3.8, 4) is 11.1 Å². The first-order valence-electron chi connectivity index (χ1n) is 9.69. The van der Waals surface area contributed by atoms with E-state index in [0.29, 0.717) is 15.8 Å². The summed E-state index contributed by atoms with van der Waals surface area (Å²) < 4.78 is 6.34. The van der Waals surface area contributed by atoms with E-state index in [1.807, 2.05) is 37.3 Å². The minimum absolute atomic E-state index is 0.241. The first-order chi connectivity index (χ1) is 15.0. The van der Waals surface area contributed by atoms with E-state index < -0.39 is 18.0 Å². The zero-order valence-electron chi connectivity index (χ0n) is 16.5. The number of nitrogens with one attached hydrogen (secondary N) is 1. The molecule has 7 nitrogen and oxygen atoms in total. The summed E-state index contributed by atoms with van der Waals surface area (Å²) >= 11 is 1.43. The molecule has 31 heavy (non-hydrogen) atoms. The van der Waals surface area contributed by atoms with Crippen LogP contribution in [0.1, 0.15) is 20.8 Å². The van der Waals surface area contributed by atoms with Crippen LogP contribution < -0.4 is 11.0 Å². The van der Waals surface area contributed by atoms with E-state index in [9.17, 15) is 14.4 Å². The largest absolute Gasteiger partial charge is 0.448 e. The lowest BCUT2D eigenvalue weighted by Gasteiger charge is -2.23. The standard InChI is InChI=1S/C23H17N3O4S/c1-13-18(14-7-3-2-4-8-14)19-21(31-13)24-12-26(22(19)28)25-20(27)17-11-15-9-5-6-10-16(15)23(29)30-17/h2-10,12,17H,11H2,1H3,(H,25,27). The smallest absolute Gasteiger partial charge is 0.339 e. The third-order valence-electron chi connectivity index (χ3n) is 5.27. The van der Waals surface area contributed by atoms with E-state index in [-0.39, 0.29) is 12.0 Å². The van der Waals surface area contributed by atoms with E-state index in [2.05, 4.69) is 10.4 Å². The Morgan fingerprint density at radius 3 is 2.68 bits per heavy atom. The summed E-state index contributed by atoms with van der Waals surface area (Å²) in [6, 6.07) is 16.6. The molecule has 3 heterocycles. The summed E-state index contributed by atoms with van der Waals surface area (Å²) in [5, 5.41) is 0.447. The number of nitrogens with zero attached hydrogens (tertiary/aromatic N) is 2. The van der Waals surface area contributed by atoms with Gasteiger partial charge in [0, 0.05) is 16.9 Å². The van der Waals surface area contributed by atoms with Crippen LogP contribution in [0.15, 0.2) is 65.7 Å². The fourth-order valence-electron chi connectivity index (χ4n) is 3.80. The van der Waals surface area contributed by atoms with Crippen molar-refractivity contribution >= 4 is 33.4 Å². The second-order valence-electron chi connectivity index (χ2n) is 7.23. The average molecular weight is 431 g/mol. The lowest BCUT2D eigenvalue weighted by Crippen LogP contribution is -2.43. The molecule has 0 saturated carbocycles. The van der Waals surface area contributed by atoms with E-state index in [0.717, 1.165) is 26.2 Å². The van der Waals surface area contributed by atoms with Crippen LogP contribution >= 0.6 is 11.3 Å². The molecule has 1 amide bonds. The highest BCUT2D eigenvalue weighted by molar-refractivity contribution is 7.19. The fraction of sp³-hybridized carbons (Fsp3) is 0.130. The van der Waals surface area contributed by atoms with Gasteiger partial charge in [-0.1, -0.05) is 48.5 Å². The molecule has 1 N–H and O–H groups in total. The normalized spacial score (nSPS) is 15.4. The molecule has 2 aromatic carbocycles. The van der Waals surface area contributed by atoms with Crippen LogP contribution in [0.5, 0.6) is 0 Å². The second kappa shape index (κ2) is 7.48. The van der Waals surface area contributed by atoms with Gasteiger partial charge in [0.15, 0.2) is 6.10 Å². The maximum atomic E-state index is 13.2. The van der Waals surface area contributed by atoms with Crippen LogP contribution in [-0.2, 0) is 16.0 Å². The number of esters is 1. The number of carbonyl (C=O) groups excluding carboxylic acids is 2. The highest BCUT2D eigenvalue weighted by Crippen LogP contribution is 2.35. The molecule has 0 saturated heterocycles. The molecule has 0 radical (unpaired) electrons. The quantitative estimate of drug-likeness (QED) is 0.503. The first-order valence-corrected chi connectivity index (χ1v) is 10.5. The molecule has 1 aliphatic heterocycles. The Labute approximate surface area is 180 Å². The summed E-state index contributed by atoms with van der Waals surface area (Å²) in [6.45, 7) is 1.94. The van der Waals surface area contributed by atoms with Crippen LogP contribution in [0, 0.1) is 6.92 Å². The van der Waals surface area contributed by atoms with Crippen molar-refractivity contribution in [1.29, 1.82) is 0 Å². The van der Waals surface area contributed by atoms with Gasteiger partial charge in [-0.2, -0.15) is 0 Å². The number of rotatable bonds is 3. The van der Waals surface area contributed by atoms with Gasteiger partial charge in [-0.25, -0.2) is 14.5 Å². The maximum absolute atomic E-state index is 13.2. The van der Waals surface area contributed by atoms with E-state index in [1.54, 1.807) is 24.3 Å². The van der Waals surface area contributed by atoms with Crippen molar-refractivity contribution < 1.29 is 14.3 Å². The zero-order chi connectivity index (χ0) is 21.5. The molecule has 0 fully saturated rings. The van der Waals surface area contributed by atoms with Crippen molar-refractivity contribution in [3.63, 3.8) is 0 Å². The molecule has 0 aliphatic carbocycles. The van der Waals surface area contributed by atoms with Gasteiger partial charge in [0.05, 0.1) is 10.9 Å². The molecule has 4 aromatic rings. The average Bonchev–Trinajstić information content (AvgIpc) is 3.13. The van der Waals surface area contributed by atoms with Crippen molar-refractivity contribution in [3.05, 3.63) is 87.3 Å². The third-order valence-corrected chi connectivity index (χ3v) is 6.28. The molecular formula is C23H17N3O4S. The Bertz CT molecular complexity index is 1390. The zero-order valence-corrected chi connectivity index (χ0v) is 17.3. The van der Waals surface area contributed by atoms with Gasteiger partial charge in [0.2, 0.25) is 0 Å². The number of fused-ring (bicyclic) bond motifs is 2. The van der Waals surface area contributed by atoms with E-state index in [4.69, 9.17) is 4.74 Å². The SMILES string of the molecule is Cc1sc2ncn(NC(=O)C3Cc4ccccc4C(=O)O3)c(=O)c2c1-c1ccccc1. The topological polar surface area (TPSA) is 90.3 Å². The Morgan fingerprint density at radius 2 is 1.87 bits per heavy atom. The molecule has 0 spiro atoms. The third kappa shape index (κ3) is 3.30. The van der Waals surface area contributed by atoms with Crippen LogP contribution in [0.3, 0.4) is 0 Å². The number of benzene rings is 2. The number of thiophene rings is 1. The Balaban J connectivity index is 1.49. The van der Waals surface area contributed by atoms with E-state index in [1.165, 1.54) is 17.7 Å². The lowest BCUT2D eigenvalue weighted by molar-refractivity contribution is -0.126. The number of ether oxygens (including phenoxy) is 1. The number of aromatic nitrogens is 2. The number of carbonyl (C=O) groups is 2. The van der Waals surface area contributed by atoms with Gasteiger partial charge in [-0.15, -0.1) is 11.3 Å². The van der Waals surface area contributed by atoms with Crippen LogP contribution in [-0.4, -0.2) is 27.6 Å². The van der Waals surface area contributed by atoms with Gasteiger partial charge < -0.3 is 4.74 Å². The number of hydrogen-bond donors (Lipinski definition) is 1. The van der Waals surface area contributed by atoms with Gasteiger partial charge in [-0.05, 0) is 24.1 Å². The highest BCUT2D eigenvalue weighted by atomic mass is 32.1. The molecule has 8 heteroatoms. The van der Waals surface area contributed by atoms with E-state index >= 15 is 0 Å². The Morgan fingerprint density at radius 1 is 1.13 bits per heavy atom. The van der Waals surface area contributed by atoms with Crippen molar-refractivity contribution in [2.75, 3.05) is 5.43 Å². The first kappa shape index (κ1) is 19.2. The lowest BCUT2D eigenvalue weighted by atomic mass is 9.98. The number of hydrogen-bond acceptors (Lipinski definition) is 6. The molecule has 1 aliphatic rings. The minimum Gasteiger partial charge on any atom is -0.448 e. The van der Waals surface area contributed by atoms with Gasteiger partial charge in [0.25, 0.3) is 11.5 Å². The summed E-state index contributed by atoms with van der Waals surface area (Å²) in [5.74, 6) is -1.14. The van der Waals surface area contributed by atoms with Crippen LogP contribution in [0.2, 0.25) is 0 Å². The van der Waals surface area contributed by atoms with Crippen molar-refractivity contribution in [2.45, 2.75) is 19.4 Å². The second-order valence-corrected chi connectivity index (χ2v) is 8.43. The molecule has 1 unspecified atom stereocenters. The summed E-state index contributed by atoms with van der Waals surface area (Å²) in [6.07, 6.45) is 0.499. The summed E-state index contributed by atoms with van der Waals surface area (Å²) in [5.41, 5.74) is 5.06. The highest BCUT2D eigenvalue weighted by Gasteiger charge is 2.31. The van der Waals surface area contributed by atoms with Gasteiger partial charge in [0.1, 0.15) is 11.2 Å². The Hall–Kier alpha value is -3.78.